The zero-order valence-electron chi connectivity index (χ0n) is 13.1. The van der Waals surface area contributed by atoms with Gasteiger partial charge in [0.1, 0.15) is 0 Å². The van der Waals surface area contributed by atoms with Crippen molar-refractivity contribution in [2.45, 2.75) is 104 Å². The minimum absolute atomic E-state index is 0.0514. The van der Waals surface area contributed by atoms with E-state index in [4.69, 9.17) is 0 Å². The highest BCUT2D eigenvalue weighted by atomic mass is 16.3. The van der Waals surface area contributed by atoms with Crippen LogP contribution in [0.5, 0.6) is 0 Å². The summed E-state index contributed by atoms with van der Waals surface area (Å²) >= 11 is 0. The second-order valence-electron chi connectivity index (χ2n) is 6.02. The molecule has 0 aliphatic rings. The SMILES string of the molecule is CCCCCCCCCCCC(O)CC(C)CC. The van der Waals surface area contributed by atoms with Gasteiger partial charge in [-0.25, -0.2) is 0 Å². The summed E-state index contributed by atoms with van der Waals surface area (Å²) in [6, 6.07) is 0. The van der Waals surface area contributed by atoms with E-state index in [2.05, 4.69) is 20.8 Å². The summed E-state index contributed by atoms with van der Waals surface area (Å²) in [5, 5.41) is 9.85. The topological polar surface area (TPSA) is 20.2 Å². The average Bonchev–Trinajstić information content (AvgIpc) is 2.36. The number of unbranched alkanes of at least 4 members (excludes halogenated alkanes) is 8. The van der Waals surface area contributed by atoms with Crippen LogP contribution in [-0.4, -0.2) is 11.2 Å². The standard InChI is InChI=1S/C17H36O/c1-4-6-7-8-9-10-11-12-13-14-17(18)15-16(3)5-2/h16-18H,4-15H2,1-3H3. The first-order valence-corrected chi connectivity index (χ1v) is 8.38. The second kappa shape index (κ2) is 13.4. The van der Waals surface area contributed by atoms with Crippen molar-refractivity contribution >= 4 is 0 Å². The fourth-order valence-electron chi connectivity index (χ4n) is 2.44. The molecule has 1 N–H and O–H groups in total. The van der Waals surface area contributed by atoms with E-state index >= 15 is 0 Å². The Balaban J connectivity index is 3.15. The maximum atomic E-state index is 9.85. The van der Waals surface area contributed by atoms with E-state index in [0.717, 1.165) is 12.8 Å². The highest BCUT2D eigenvalue weighted by Crippen LogP contribution is 2.16. The Hall–Kier alpha value is -0.0400. The van der Waals surface area contributed by atoms with Crippen LogP contribution in [-0.2, 0) is 0 Å². The summed E-state index contributed by atoms with van der Waals surface area (Å²) in [6.45, 7) is 6.71. The van der Waals surface area contributed by atoms with Crippen LogP contribution in [0, 0.1) is 5.92 Å². The first-order valence-electron chi connectivity index (χ1n) is 8.38. The van der Waals surface area contributed by atoms with Gasteiger partial charge < -0.3 is 5.11 Å². The first-order chi connectivity index (χ1) is 8.70. The fourth-order valence-corrected chi connectivity index (χ4v) is 2.44. The Morgan fingerprint density at radius 1 is 0.778 bits per heavy atom. The molecule has 1 heteroatoms. The fraction of sp³-hybridized carbons (Fsp3) is 1.00. The molecule has 0 saturated heterocycles. The molecule has 0 aromatic carbocycles. The van der Waals surface area contributed by atoms with E-state index in [1.54, 1.807) is 0 Å². The summed E-state index contributed by atoms with van der Waals surface area (Å²) < 4.78 is 0. The average molecular weight is 256 g/mol. The van der Waals surface area contributed by atoms with Gasteiger partial charge in [-0.05, 0) is 18.8 Å². The second-order valence-corrected chi connectivity index (χ2v) is 6.02. The van der Waals surface area contributed by atoms with Crippen LogP contribution in [0.15, 0.2) is 0 Å². The third-order valence-electron chi connectivity index (χ3n) is 4.01. The maximum Gasteiger partial charge on any atom is 0.0542 e. The Kier molecular flexibility index (Phi) is 13.4. The van der Waals surface area contributed by atoms with E-state index in [-0.39, 0.29) is 6.10 Å². The zero-order chi connectivity index (χ0) is 13.6. The van der Waals surface area contributed by atoms with Gasteiger partial charge >= 0.3 is 0 Å². The van der Waals surface area contributed by atoms with Crippen molar-refractivity contribution in [3.05, 3.63) is 0 Å². The molecule has 0 aromatic rings. The lowest BCUT2D eigenvalue weighted by molar-refractivity contribution is 0.132. The molecule has 0 radical (unpaired) electrons. The lowest BCUT2D eigenvalue weighted by atomic mass is 9.97. The summed E-state index contributed by atoms with van der Waals surface area (Å²) in [4.78, 5) is 0. The summed E-state index contributed by atoms with van der Waals surface area (Å²) in [7, 11) is 0. The van der Waals surface area contributed by atoms with Crippen LogP contribution in [0.3, 0.4) is 0 Å². The zero-order valence-corrected chi connectivity index (χ0v) is 13.1. The quantitative estimate of drug-likeness (QED) is 0.419. The first kappa shape index (κ1) is 18.0. The van der Waals surface area contributed by atoms with Crippen molar-refractivity contribution in [2.24, 2.45) is 5.92 Å². The van der Waals surface area contributed by atoms with Crippen molar-refractivity contribution < 1.29 is 5.11 Å². The molecule has 0 aromatic heterocycles. The van der Waals surface area contributed by atoms with Crippen LogP contribution >= 0.6 is 0 Å². The molecule has 0 rings (SSSR count). The number of aliphatic hydroxyl groups excluding tert-OH is 1. The van der Waals surface area contributed by atoms with E-state index in [1.807, 2.05) is 0 Å². The molecule has 0 amide bonds. The molecule has 0 heterocycles. The molecule has 0 aliphatic heterocycles. The lowest BCUT2D eigenvalue weighted by Gasteiger charge is -2.14. The number of hydrogen-bond acceptors (Lipinski definition) is 1. The van der Waals surface area contributed by atoms with Gasteiger partial charge in [0.2, 0.25) is 0 Å². The van der Waals surface area contributed by atoms with Gasteiger partial charge in [-0.2, -0.15) is 0 Å². The summed E-state index contributed by atoms with van der Waals surface area (Å²) in [5.41, 5.74) is 0. The van der Waals surface area contributed by atoms with Gasteiger partial charge in [-0.3, -0.25) is 0 Å². The molecule has 110 valence electrons. The molecule has 0 saturated carbocycles. The molecule has 0 spiro atoms. The van der Waals surface area contributed by atoms with E-state index in [1.165, 1.54) is 64.2 Å². The van der Waals surface area contributed by atoms with Gasteiger partial charge in [0.25, 0.3) is 0 Å². The molecule has 0 aliphatic carbocycles. The third kappa shape index (κ3) is 12.4. The molecule has 1 nitrogen and oxygen atoms in total. The minimum Gasteiger partial charge on any atom is -0.393 e. The molecule has 2 unspecified atom stereocenters. The van der Waals surface area contributed by atoms with E-state index in [0.29, 0.717) is 5.92 Å². The minimum atomic E-state index is -0.0514. The smallest absolute Gasteiger partial charge is 0.0542 e. The Morgan fingerprint density at radius 2 is 1.28 bits per heavy atom. The van der Waals surface area contributed by atoms with Gasteiger partial charge in [-0.15, -0.1) is 0 Å². The molecule has 2 atom stereocenters. The van der Waals surface area contributed by atoms with Crippen LogP contribution in [0.2, 0.25) is 0 Å². The van der Waals surface area contributed by atoms with E-state index < -0.39 is 0 Å². The van der Waals surface area contributed by atoms with Crippen molar-refractivity contribution in [1.82, 2.24) is 0 Å². The maximum absolute atomic E-state index is 9.85. The largest absolute Gasteiger partial charge is 0.393 e. The molecule has 0 bridgehead atoms. The lowest BCUT2D eigenvalue weighted by Crippen LogP contribution is -2.11. The normalized spacial score (nSPS) is 14.7. The van der Waals surface area contributed by atoms with Crippen molar-refractivity contribution in [3.8, 4) is 0 Å². The summed E-state index contributed by atoms with van der Waals surface area (Å²) in [6.07, 6.45) is 15.4. The van der Waals surface area contributed by atoms with Crippen molar-refractivity contribution in [1.29, 1.82) is 0 Å². The molecular formula is C17H36O. The molecule has 18 heavy (non-hydrogen) atoms. The number of hydrogen-bond donors (Lipinski definition) is 1. The summed E-state index contributed by atoms with van der Waals surface area (Å²) in [5.74, 6) is 0.679. The van der Waals surface area contributed by atoms with Gasteiger partial charge in [0, 0.05) is 0 Å². The van der Waals surface area contributed by atoms with Crippen LogP contribution in [0.1, 0.15) is 97.8 Å². The van der Waals surface area contributed by atoms with Gasteiger partial charge in [-0.1, -0.05) is 85.0 Å². The van der Waals surface area contributed by atoms with Crippen molar-refractivity contribution in [2.75, 3.05) is 0 Å². The number of aliphatic hydroxyl groups is 1. The van der Waals surface area contributed by atoms with Crippen LogP contribution < -0.4 is 0 Å². The highest BCUT2D eigenvalue weighted by Gasteiger charge is 2.08. The van der Waals surface area contributed by atoms with Crippen LogP contribution in [0.25, 0.3) is 0 Å². The van der Waals surface area contributed by atoms with Gasteiger partial charge in [0.15, 0.2) is 0 Å². The van der Waals surface area contributed by atoms with Crippen LogP contribution in [0.4, 0.5) is 0 Å². The van der Waals surface area contributed by atoms with Gasteiger partial charge in [0.05, 0.1) is 6.10 Å². The Morgan fingerprint density at radius 3 is 1.78 bits per heavy atom. The molecular weight excluding hydrogens is 220 g/mol. The highest BCUT2D eigenvalue weighted by molar-refractivity contribution is 4.61. The monoisotopic (exact) mass is 256 g/mol. The Bertz CT molecular complexity index is 156. The third-order valence-corrected chi connectivity index (χ3v) is 4.01. The van der Waals surface area contributed by atoms with E-state index in [9.17, 15) is 5.11 Å². The predicted molar refractivity (Wildman–Crippen MR) is 81.9 cm³/mol. The van der Waals surface area contributed by atoms with Crippen molar-refractivity contribution in [3.63, 3.8) is 0 Å². The Labute approximate surface area is 115 Å². The number of rotatable bonds is 13. The molecule has 0 fully saturated rings. The predicted octanol–water partition coefficient (Wildman–Crippen LogP) is 5.70.